The van der Waals surface area contributed by atoms with E-state index in [1.165, 1.54) is 0 Å². The highest BCUT2D eigenvalue weighted by atomic mass is 16.2. The van der Waals surface area contributed by atoms with Gasteiger partial charge in [-0.1, -0.05) is 6.42 Å². The SMILES string of the molecule is O=C1CCCCCN1CC(=O)N1CCCC(c2ccncn2)C1. The lowest BCUT2D eigenvalue weighted by Gasteiger charge is -2.34. The van der Waals surface area contributed by atoms with Crippen molar-refractivity contribution in [1.29, 1.82) is 0 Å². The lowest BCUT2D eigenvalue weighted by molar-refractivity contribution is -0.140. The van der Waals surface area contributed by atoms with E-state index in [0.717, 1.165) is 44.3 Å². The molecule has 1 atom stereocenters. The topological polar surface area (TPSA) is 66.4 Å². The van der Waals surface area contributed by atoms with Gasteiger partial charge in [0.05, 0.1) is 6.54 Å². The average Bonchev–Trinajstić information content (AvgIpc) is 2.80. The maximum Gasteiger partial charge on any atom is 0.242 e. The Morgan fingerprint density at radius 2 is 2.13 bits per heavy atom. The molecule has 0 saturated carbocycles. The summed E-state index contributed by atoms with van der Waals surface area (Å²) in [5.74, 6) is 0.467. The minimum Gasteiger partial charge on any atom is -0.340 e. The fourth-order valence-electron chi connectivity index (χ4n) is 3.46. The van der Waals surface area contributed by atoms with Crippen LogP contribution in [0.2, 0.25) is 0 Å². The molecule has 0 N–H and O–H groups in total. The van der Waals surface area contributed by atoms with Crippen LogP contribution in [0.25, 0.3) is 0 Å². The monoisotopic (exact) mass is 316 g/mol. The zero-order valence-electron chi connectivity index (χ0n) is 13.5. The molecule has 0 spiro atoms. The van der Waals surface area contributed by atoms with Crippen LogP contribution in [0, 0.1) is 0 Å². The van der Waals surface area contributed by atoms with Crippen molar-refractivity contribution in [2.24, 2.45) is 0 Å². The number of piperidine rings is 1. The Hall–Kier alpha value is -1.98. The molecule has 1 unspecified atom stereocenters. The number of likely N-dealkylation sites (tertiary alicyclic amines) is 2. The van der Waals surface area contributed by atoms with Crippen molar-refractivity contribution < 1.29 is 9.59 Å². The standard InChI is InChI=1S/C17H24N4O2/c22-16-6-2-1-3-9-21(16)12-17(23)20-10-4-5-14(11-20)15-7-8-18-13-19-15/h7-8,13-14H,1-6,9-12H2. The first-order valence-electron chi connectivity index (χ1n) is 8.55. The number of aromatic nitrogens is 2. The Balaban J connectivity index is 1.59. The van der Waals surface area contributed by atoms with E-state index >= 15 is 0 Å². The molecule has 0 aromatic carbocycles. The Morgan fingerprint density at radius 1 is 1.22 bits per heavy atom. The van der Waals surface area contributed by atoms with Gasteiger partial charge in [-0.15, -0.1) is 0 Å². The summed E-state index contributed by atoms with van der Waals surface area (Å²) >= 11 is 0. The number of hydrogen-bond acceptors (Lipinski definition) is 4. The normalized spacial score (nSPS) is 22.8. The van der Waals surface area contributed by atoms with E-state index in [2.05, 4.69) is 9.97 Å². The predicted molar refractivity (Wildman–Crippen MR) is 85.6 cm³/mol. The second-order valence-electron chi connectivity index (χ2n) is 6.44. The van der Waals surface area contributed by atoms with E-state index in [1.807, 2.05) is 11.0 Å². The molecule has 0 bridgehead atoms. The summed E-state index contributed by atoms with van der Waals surface area (Å²) in [6, 6.07) is 1.93. The number of carbonyl (C=O) groups excluding carboxylic acids is 2. The average molecular weight is 316 g/mol. The van der Waals surface area contributed by atoms with E-state index in [4.69, 9.17) is 0 Å². The van der Waals surface area contributed by atoms with Gasteiger partial charge < -0.3 is 9.80 Å². The van der Waals surface area contributed by atoms with Crippen LogP contribution in [0.15, 0.2) is 18.6 Å². The minimum atomic E-state index is 0.0685. The van der Waals surface area contributed by atoms with Gasteiger partial charge in [0.1, 0.15) is 6.33 Å². The number of amides is 2. The summed E-state index contributed by atoms with van der Waals surface area (Å²) in [5.41, 5.74) is 1.00. The molecule has 2 aliphatic rings. The van der Waals surface area contributed by atoms with Crippen LogP contribution < -0.4 is 0 Å². The molecule has 124 valence electrons. The Bertz CT molecular complexity index is 549. The van der Waals surface area contributed by atoms with Gasteiger partial charge in [0.15, 0.2) is 0 Å². The van der Waals surface area contributed by atoms with Gasteiger partial charge in [0, 0.05) is 43.9 Å². The van der Waals surface area contributed by atoms with Crippen molar-refractivity contribution in [1.82, 2.24) is 19.8 Å². The maximum atomic E-state index is 12.6. The summed E-state index contributed by atoms with van der Waals surface area (Å²) in [5, 5.41) is 0. The number of hydrogen-bond donors (Lipinski definition) is 0. The van der Waals surface area contributed by atoms with Gasteiger partial charge in [0.25, 0.3) is 0 Å². The lowest BCUT2D eigenvalue weighted by atomic mass is 9.94. The first kappa shape index (κ1) is 15.9. The van der Waals surface area contributed by atoms with Gasteiger partial charge in [-0.05, 0) is 31.7 Å². The van der Waals surface area contributed by atoms with Crippen LogP contribution in [0.1, 0.15) is 50.1 Å². The molecule has 0 radical (unpaired) electrons. The zero-order chi connectivity index (χ0) is 16.1. The first-order chi connectivity index (χ1) is 11.2. The molecule has 2 saturated heterocycles. The molecule has 1 aromatic rings. The Labute approximate surface area is 136 Å². The molecule has 2 amide bonds. The van der Waals surface area contributed by atoms with Crippen LogP contribution in [-0.4, -0.2) is 57.8 Å². The van der Waals surface area contributed by atoms with Crippen molar-refractivity contribution in [2.75, 3.05) is 26.2 Å². The van der Waals surface area contributed by atoms with E-state index < -0.39 is 0 Å². The van der Waals surface area contributed by atoms with Crippen LogP contribution in [0.4, 0.5) is 0 Å². The van der Waals surface area contributed by atoms with E-state index in [-0.39, 0.29) is 24.3 Å². The van der Waals surface area contributed by atoms with Crippen molar-refractivity contribution >= 4 is 11.8 Å². The molecule has 3 rings (SSSR count). The second kappa shape index (κ2) is 7.53. The third-order valence-corrected chi connectivity index (χ3v) is 4.79. The molecule has 2 fully saturated rings. The third kappa shape index (κ3) is 4.06. The lowest BCUT2D eigenvalue weighted by Crippen LogP contribution is -2.46. The summed E-state index contributed by atoms with van der Waals surface area (Å²) in [6.07, 6.45) is 8.95. The van der Waals surface area contributed by atoms with E-state index in [0.29, 0.717) is 19.5 Å². The molecule has 6 heteroatoms. The molecule has 6 nitrogen and oxygen atoms in total. The minimum absolute atomic E-state index is 0.0685. The summed E-state index contributed by atoms with van der Waals surface area (Å²) < 4.78 is 0. The zero-order valence-corrected chi connectivity index (χ0v) is 13.5. The van der Waals surface area contributed by atoms with Gasteiger partial charge in [-0.25, -0.2) is 9.97 Å². The Morgan fingerprint density at radius 3 is 2.96 bits per heavy atom. The highest BCUT2D eigenvalue weighted by Crippen LogP contribution is 2.25. The number of rotatable bonds is 3. The quantitative estimate of drug-likeness (QED) is 0.849. The van der Waals surface area contributed by atoms with E-state index in [1.54, 1.807) is 17.4 Å². The van der Waals surface area contributed by atoms with Crippen molar-refractivity contribution in [3.8, 4) is 0 Å². The number of nitrogens with zero attached hydrogens (tertiary/aromatic N) is 4. The van der Waals surface area contributed by atoms with Gasteiger partial charge in [0.2, 0.25) is 11.8 Å². The molecular formula is C17H24N4O2. The fraction of sp³-hybridized carbons (Fsp3) is 0.647. The van der Waals surface area contributed by atoms with Crippen LogP contribution >= 0.6 is 0 Å². The van der Waals surface area contributed by atoms with Crippen molar-refractivity contribution in [3.05, 3.63) is 24.3 Å². The van der Waals surface area contributed by atoms with Crippen LogP contribution in [0.3, 0.4) is 0 Å². The van der Waals surface area contributed by atoms with E-state index in [9.17, 15) is 9.59 Å². The molecule has 3 heterocycles. The number of carbonyl (C=O) groups is 2. The molecule has 1 aromatic heterocycles. The largest absolute Gasteiger partial charge is 0.340 e. The van der Waals surface area contributed by atoms with Crippen molar-refractivity contribution in [3.63, 3.8) is 0 Å². The Kier molecular flexibility index (Phi) is 5.20. The van der Waals surface area contributed by atoms with Crippen molar-refractivity contribution in [2.45, 2.75) is 44.4 Å². The van der Waals surface area contributed by atoms with Gasteiger partial charge in [-0.2, -0.15) is 0 Å². The second-order valence-corrected chi connectivity index (χ2v) is 6.44. The van der Waals surface area contributed by atoms with Crippen LogP contribution in [0.5, 0.6) is 0 Å². The smallest absolute Gasteiger partial charge is 0.242 e. The van der Waals surface area contributed by atoms with Crippen LogP contribution in [-0.2, 0) is 9.59 Å². The summed E-state index contributed by atoms with van der Waals surface area (Å²) in [6.45, 7) is 2.42. The highest BCUT2D eigenvalue weighted by Gasteiger charge is 2.27. The molecular weight excluding hydrogens is 292 g/mol. The summed E-state index contributed by atoms with van der Waals surface area (Å²) in [4.78, 5) is 36.6. The predicted octanol–water partition coefficient (Wildman–Crippen LogP) is 1.59. The van der Waals surface area contributed by atoms with Gasteiger partial charge >= 0.3 is 0 Å². The third-order valence-electron chi connectivity index (χ3n) is 4.79. The molecule has 2 aliphatic heterocycles. The fourth-order valence-corrected chi connectivity index (χ4v) is 3.46. The molecule has 0 aliphatic carbocycles. The first-order valence-corrected chi connectivity index (χ1v) is 8.55. The van der Waals surface area contributed by atoms with Gasteiger partial charge in [-0.3, -0.25) is 9.59 Å². The molecule has 23 heavy (non-hydrogen) atoms. The maximum absolute atomic E-state index is 12.6. The highest BCUT2D eigenvalue weighted by molar-refractivity contribution is 5.85. The summed E-state index contributed by atoms with van der Waals surface area (Å²) in [7, 11) is 0.